The number of benzene rings is 1. The highest BCUT2D eigenvalue weighted by molar-refractivity contribution is 7.11. The Balaban J connectivity index is 1.32. The smallest absolute Gasteiger partial charge is 0.119 e. The van der Waals surface area contributed by atoms with Gasteiger partial charge in [-0.2, -0.15) is 0 Å². The van der Waals surface area contributed by atoms with E-state index < -0.39 is 0 Å². The standard InChI is InChI=1S/C20H26N2O2S/c1-15-3-8-19(25-15)12-22-10-9-20(14-22)11-17(13-24-20)21-16-4-6-18(23-2)7-5-16/h3-8,17,21H,9-14H2,1-2H3. The third-order valence-electron chi connectivity index (χ3n) is 5.24. The molecular formula is C20H26N2O2S. The van der Waals surface area contributed by atoms with Crippen LogP contribution >= 0.6 is 11.3 Å². The fraction of sp³-hybridized carbons (Fsp3) is 0.500. The largest absolute Gasteiger partial charge is 0.497 e. The van der Waals surface area contributed by atoms with Crippen LogP contribution in [0.5, 0.6) is 5.75 Å². The number of nitrogens with zero attached hydrogens (tertiary/aromatic N) is 1. The molecule has 1 aromatic heterocycles. The summed E-state index contributed by atoms with van der Waals surface area (Å²) >= 11 is 1.91. The SMILES string of the molecule is COc1ccc(NC2COC3(CCN(Cc4ccc(C)s4)C3)C2)cc1. The van der Waals surface area contributed by atoms with E-state index in [4.69, 9.17) is 9.47 Å². The average molecular weight is 359 g/mol. The quantitative estimate of drug-likeness (QED) is 0.879. The average Bonchev–Trinajstić information content (AvgIpc) is 3.31. The summed E-state index contributed by atoms with van der Waals surface area (Å²) < 4.78 is 11.5. The summed E-state index contributed by atoms with van der Waals surface area (Å²) in [4.78, 5) is 5.39. The molecule has 2 atom stereocenters. The highest BCUT2D eigenvalue weighted by Crippen LogP contribution is 2.37. The van der Waals surface area contributed by atoms with Gasteiger partial charge in [-0.15, -0.1) is 11.3 Å². The van der Waals surface area contributed by atoms with Gasteiger partial charge in [-0.3, -0.25) is 4.90 Å². The van der Waals surface area contributed by atoms with Gasteiger partial charge in [-0.1, -0.05) is 0 Å². The van der Waals surface area contributed by atoms with Crippen molar-refractivity contribution in [3.8, 4) is 5.75 Å². The normalized spacial score (nSPS) is 26.4. The molecule has 2 aliphatic heterocycles. The van der Waals surface area contributed by atoms with Crippen molar-refractivity contribution < 1.29 is 9.47 Å². The molecule has 2 unspecified atom stereocenters. The van der Waals surface area contributed by atoms with Crippen molar-refractivity contribution in [1.82, 2.24) is 4.90 Å². The van der Waals surface area contributed by atoms with Gasteiger partial charge in [0.15, 0.2) is 0 Å². The van der Waals surface area contributed by atoms with E-state index >= 15 is 0 Å². The Morgan fingerprint density at radius 2 is 2.12 bits per heavy atom. The van der Waals surface area contributed by atoms with Crippen molar-refractivity contribution in [3.63, 3.8) is 0 Å². The summed E-state index contributed by atoms with van der Waals surface area (Å²) in [6, 6.07) is 13.0. The zero-order valence-corrected chi connectivity index (χ0v) is 15.8. The lowest BCUT2D eigenvalue weighted by Gasteiger charge is -2.23. The Bertz CT molecular complexity index is 715. The molecule has 0 bridgehead atoms. The van der Waals surface area contributed by atoms with Crippen LogP contribution in [0.25, 0.3) is 0 Å². The number of thiophene rings is 1. The van der Waals surface area contributed by atoms with Gasteiger partial charge in [0, 0.05) is 41.5 Å². The van der Waals surface area contributed by atoms with Crippen LogP contribution in [0.1, 0.15) is 22.6 Å². The topological polar surface area (TPSA) is 33.7 Å². The maximum absolute atomic E-state index is 6.28. The fourth-order valence-corrected chi connectivity index (χ4v) is 4.93. The molecule has 5 heteroatoms. The summed E-state index contributed by atoms with van der Waals surface area (Å²) in [7, 11) is 1.69. The molecule has 0 amide bonds. The molecule has 25 heavy (non-hydrogen) atoms. The predicted octanol–water partition coefficient (Wildman–Crippen LogP) is 3.91. The first-order chi connectivity index (χ1) is 12.1. The first kappa shape index (κ1) is 16.9. The number of rotatable bonds is 5. The van der Waals surface area contributed by atoms with Crippen molar-refractivity contribution in [2.45, 2.75) is 38.0 Å². The third kappa shape index (κ3) is 3.84. The number of methoxy groups -OCH3 is 1. The predicted molar refractivity (Wildman–Crippen MR) is 103 cm³/mol. The first-order valence-corrected chi connectivity index (χ1v) is 9.78. The van der Waals surface area contributed by atoms with Crippen molar-refractivity contribution >= 4 is 17.0 Å². The van der Waals surface area contributed by atoms with E-state index in [1.54, 1.807) is 7.11 Å². The molecule has 2 fully saturated rings. The molecular weight excluding hydrogens is 332 g/mol. The summed E-state index contributed by atoms with van der Waals surface area (Å²) in [6.07, 6.45) is 2.22. The Morgan fingerprint density at radius 3 is 2.84 bits per heavy atom. The van der Waals surface area contributed by atoms with Gasteiger partial charge in [-0.25, -0.2) is 0 Å². The van der Waals surface area contributed by atoms with Gasteiger partial charge >= 0.3 is 0 Å². The van der Waals surface area contributed by atoms with E-state index in [1.165, 1.54) is 9.75 Å². The molecule has 2 saturated heterocycles. The molecule has 0 saturated carbocycles. The van der Waals surface area contributed by atoms with Crippen molar-refractivity contribution in [1.29, 1.82) is 0 Å². The van der Waals surface area contributed by atoms with Crippen molar-refractivity contribution in [2.24, 2.45) is 0 Å². The van der Waals surface area contributed by atoms with Crippen LogP contribution < -0.4 is 10.1 Å². The monoisotopic (exact) mass is 358 g/mol. The molecule has 4 rings (SSSR count). The van der Waals surface area contributed by atoms with Crippen LogP contribution in [0.15, 0.2) is 36.4 Å². The minimum Gasteiger partial charge on any atom is -0.497 e. The fourth-order valence-electron chi connectivity index (χ4n) is 4.00. The lowest BCUT2D eigenvalue weighted by Crippen LogP contribution is -2.33. The van der Waals surface area contributed by atoms with Crippen molar-refractivity contribution in [2.75, 3.05) is 32.1 Å². The molecule has 0 radical (unpaired) electrons. The number of likely N-dealkylation sites (tertiary alicyclic amines) is 1. The summed E-state index contributed by atoms with van der Waals surface area (Å²) in [5.41, 5.74) is 1.17. The van der Waals surface area contributed by atoms with Gasteiger partial charge in [0.25, 0.3) is 0 Å². The van der Waals surface area contributed by atoms with Crippen LogP contribution in [-0.4, -0.2) is 43.3 Å². The molecule has 0 aliphatic carbocycles. The molecule has 134 valence electrons. The van der Waals surface area contributed by atoms with E-state index in [0.29, 0.717) is 6.04 Å². The van der Waals surface area contributed by atoms with E-state index in [9.17, 15) is 0 Å². The summed E-state index contributed by atoms with van der Waals surface area (Å²) in [5.74, 6) is 0.889. The lowest BCUT2D eigenvalue weighted by molar-refractivity contribution is 0.0120. The maximum Gasteiger partial charge on any atom is 0.119 e. The maximum atomic E-state index is 6.28. The van der Waals surface area contributed by atoms with E-state index in [2.05, 4.69) is 41.4 Å². The Morgan fingerprint density at radius 1 is 1.28 bits per heavy atom. The minimum absolute atomic E-state index is 0.0381. The van der Waals surface area contributed by atoms with E-state index in [0.717, 1.165) is 50.5 Å². The summed E-state index contributed by atoms with van der Waals surface area (Å²) in [6.45, 7) is 6.20. The van der Waals surface area contributed by atoms with Crippen LogP contribution in [0.4, 0.5) is 5.69 Å². The zero-order chi connectivity index (χ0) is 17.3. The minimum atomic E-state index is 0.0381. The van der Waals surface area contributed by atoms with Crippen molar-refractivity contribution in [3.05, 3.63) is 46.2 Å². The lowest BCUT2D eigenvalue weighted by atomic mass is 9.97. The number of hydrogen-bond donors (Lipinski definition) is 1. The first-order valence-electron chi connectivity index (χ1n) is 8.96. The van der Waals surface area contributed by atoms with Crippen LogP contribution in [0.3, 0.4) is 0 Å². The molecule has 1 aromatic carbocycles. The number of nitrogens with one attached hydrogen (secondary N) is 1. The molecule has 2 aromatic rings. The second-order valence-corrected chi connectivity index (χ2v) is 8.61. The number of anilines is 1. The Hall–Kier alpha value is -1.56. The second kappa shape index (κ2) is 6.98. The molecule has 4 nitrogen and oxygen atoms in total. The van der Waals surface area contributed by atoms with Gasteiger partial charge < -0.3 is 14.8 Å². The number of hydrogen-bond acceptors (Lipinski definition) is 5. The summed E-state index contributed by atoms with van der Waals surface area (Å²) in [5, 5.41) is 3.61. The highest BCUT2D eigenvalue weighted by Gasteiger charge is 2.45. The Labute approximate surface area is 153 Å². The third-order valence-corrected chi connectivity index (χ3v) is 6.23. The molecule has 1 spiro atoms. The molecule has 2 aliphatic rings. The second-order valence-electron chi connectivity index (χ2n) is 7.24. The van der Waals surface area contributed by atoms with Gasteiger partial charge in [0.2, 0.25) is 0 Å². The number of aryl methyl sites for hydroxylation is 1. The van der Waals surface area contributed by atoms with Gasteiger partial charge in [0.1, 0.15) is 5.75 Å². The Kier molecular flexibility index (Phi) is 4.71. The molecule has 1 N–H and O–H groups in total. The van der Waals surface area contributed by atoms with Crippen LogP contribution in [0, 0.1) is 6.92 Å². The number of ether oxygens (including phenoxy) is 2. The van der Waals surface area contributed by atoms with Crippen LogP contribution in [-0.2, 0) is 11.3 Å². The van der Waals surface area contributed by atoms with E-state index in [1.807, 2.05) is 23.5 Å². The van der Waals surface area contributed by atoms with E-state index in [-0.39, 0.29) is 5.60 Å². The van der Waals surface area contributed by atoms with Crippen LogP contribution in [0.2, 0.25) is 0 Å². The molecule has 3 heterocycles. The van der Waals surface area contributed by atoms with Gasteiger partial charge in [-0.05, 0) is 49.7 Å². The van der Waals surface area contributed by atoms with Gasteiger partial charge in [0.05, 0.1) is 25.4 Å². The zero-order valence-electron chi connectivity index (χ0n) is 15.0. The highest BCUT2D eigenvalue weighted by atomic mass is 32.1.